The Morgan fingerprint density at radius 3 is 1.42 bits per heavy atom. The fraction of sp³-hybridized carbons (Fsp3) is 0.0161. The predicted octanol–water partition coefficient (Wildman–Crippen LogP) is 15.8. The molecule has 0 bridgehead atoms. The summed E-state index contributed by atoms with van der Waals surface area (Å²) in [5.74, 6) is 0. The van der Waals surface area contributed by atoms with Crippen LogP contribution in [0.4, 0.5) is 17.1 Å². The van der Waals surface area contributed by atoms with Gasteiger partial charge in [0.25, 0.3) is 0 Å². The molecule has 13 rings (SSSR count). The van der Waals surface area contributed by atoms with Crippen molar-refractivity contribution in [3.63, 3.8) is 0 Å². The summed E-state index contributed by atoms with van der Waals surface area (Å²) in [5, 5.41) is 11.9. The summed E-state index contributed by atoms with van der Waals surface area (Å²) in [4.78, 5) is 2.40. The number of anilines is 3. The molecule has 1 aromatic heterocycles. The molecule has 0 atom stereocenters. The highest BCUT2D eigenvalue weighted by Gasteiger charge is 2.51. The second-order valence-corrected chi connectivity index (χ2v) is 17.2. The molecular formula is C62H39N3. The highest BCUT2D eigenvalue weighted by atomic mass is 15.1. The molecule has 1 spiro atoms. The van der Waals surface area contributed by atoms with Crippen LogP contribution in [-0.2, 0) is 5.41 Å². The number of para-hydroxylation sites is 2. The first kappa shape index (κ1) is 36.9. The Bertz CT molecular complexity index is 3640. The maximum Gasteiger partial charge on any atom is 0.0991 e. The smallest absolute Gasteiger partial charge is 0.0991 e. The third kappa shape index (κ3) is 5.48. The second kappa shape index (κ2) is 14.4. The zero-order valence-electron chi connectivity index (χ0n) is 35.4. The van der Waals surface area contributed by atoms with Crippen LogP contribution in [0, 0.1) is 11.3 Å². The maximum atomic E-state index is 9.44. The molecule has 3 heteroatoms. The van der Waals surface area contributed by atoms with Crippen LogP contribution < -0.4 is 4.90 Å². The molecule has 10 aromatic carbocycles. The number of benzene rings is 10. The van der Waals surface area contributed by atoms with Crippen LogP contribution in [0.25, 0.3) is 72.0 Å². The summed E-state index contributed by atoms with van der Waals surface area (Å²) in [6, 6.07) is 88.2. The van der Waals surface area contributed by atoms with Gasteiger partial charge in [0.05, 0.1) is 28.1 Å². The molecule has 0 aliphatic heterocycles. The van der Waals surface area contributed by atoms with E-state index in [1.54, 1.807) is 0 Å². The molecule has 0 N–H and O–H groups in total. The van der Waals surface area contributed by atoms with E-state index in [1.807, 2.05) is 24.3 Å². The van der Waals surface area contributed by atoms with Crippen molar-refractivity contribution in [2.45, 2.75) is 5.41 Å². The first-order valence-corrected chi connectivity index (χ1v) is 22.2. The fourth-order valence-electron chi connectivity index (χ4n) is 11.0. The van der Waals surface area contributed by atoms with E-state index >= 15 is 0 Å². The Morgan fingerprint density at radius 1 is 0.354 bits per heavy atom. The van der Waals surface area contributed by atoms with Gasteiger partial charge in [-0.1, -0.05) is 164 Å². The Labute approximate surface area is 378 Å². The molecular weight excluding hydrogens is 787 g/mol. The normalized spacial score (nSPS) is 12.7. The van der Waals surface area contributed by atoms with Gasteiger partial charge in [-0.3, -0.25) is 0 Å². The van der Waals surface area contributed by atoms with E-state index in [0.717, 1.165) is 45.0 Å². The van der Waals surface area contributed by atoms with E-state index in [1.165, 1.54) is 66.3 Å². The van der Waals surface area contributed by atoms with Gasteiger partial charge in [0.2, 0.25) is 0 Å². The summed E-state index contributed by atoms with van der Waals surface area (Å²) in [5.41, 5.74) is 21.9. The molecule has 0 fully saturated rings. The summed E-state index contributed by atoms with van der Waals surface area (Å²) < 4.78 is 2.38. The molecule has 2 aliphatic carbocycles. The van der Waals surface area contributed by atoms with Crippen LogP contribution in [0.15, 0.2) is 237 Å². The summed E-state index contributed by atoms with van der Waals surface area (Å²) in [6.45, 7) is 0. The minimum atomic E-state index is -0.453. The second-order valence-electron chi connectivity index (χ2n) is 17.2. The molecule has 1 heterocycles. The van der Waals surface area contributed by atoms with Crippen LogP contribution in [0.2, 0.25) is 0 Å². The van der Waals surface area contributed by atoms with Crippen LogP contribution in [0.3, 0.4) is 0 Å². The first-order chi connectivity index (χ1) is 32.2. The number of hydrogen-bond donors (Lipinski definition) is 0. The molecule has 0 radical (unpaired) electrons. The Kier molecular flexibility index (Phi) is 8.19. The molecule has 0 saturated carbocycles. The van der Waals surface area contributed by atoms with Crippen molar-refractivity contribution < 1.29 is 0 Å². The van der Waals surface area contributed by atoms with Crippen LogP contribution in [0.5, 0.6) is 0 Å². The van der Waals surface area contributed by atoms with Crippen molar-refractivity contribution in [3.05, 3.63) is 264 Å². The molecule has 11 aromatic rings. The molecule has 65 heavy (non-hydrogen) atoms. The molecule has 0 saturated heterocycles. The van der Waals surface area contributed by atoms with E-state index in [-0.39, 0.29) is 0 Å². The van der Waals surface area contributed by atoms with Gasteiger partial charge in [-0.15, -0.1) is 0 Å². The van der Waals surface area contributed by atoms with Gasteiger partial charge in [-0.2, -0.15) is 5.26 Å². The van der Waals surface area contributed by atoms with Crippen molar-refractivity contribution in [2.24, 2.45) is 0 Å². The summed E-state index contributed by atoms with van der Waals surface area (Å²) in [7, 11) is 0. The minimum Gasteiger partial charge on any atom is -0.310 e. The summed E-state index contributed by atoms with van der Waals surface area (Å²) in [6.07, 6.45) is 0. The van der Waals surface area contributed by atoms with Gasteiger partial charge in [0, 0.05) is 33.5 Å². The van der Waals surface area contributed by atoms with Crippen molar-refractivity contribution in [3.8, 4) is 56.3 Å². The van der Waals surface area contributed by atoms with Crippen molar-refractivity contribution in [2.75, 3.05) is 4.90 Å². The average molecular weight is 826 g/mol. The van der Waals surface area contributed by atoms with Crippen LogP contribution in [-0.4, -0.2) is 4.57 Å². The van der Waals surface area contributed by atoms with E-state index in [2.05, 4.69) is 228 Å². The van der Waals surface area contributed by atoms with Gasteiger partial charge in [0.15, 0.2) is 0 Å². The number of nitrogens with zero attached hydrogens (tertiary/aromatic N) is 3. The standard InChI is InChI=1S/C62H39N3/c63-40-41-22-24-42(25-23-41)43-26-31-47(32-27-43)64(48-33-28-44(29-34-48)45-30-36-55-54-17-7-11-21-60(54)65(61(55)38-45)46-12-2-1-3-13-46)49-35-37-53-52-16-6-10-20-58(52)62(59(53)39-49)56-18-8-4-14-50(56)51-15-5-9-19-57(51)62/h1-39H. The van der Waals surface area contributed by atoms with E-state index in [0.29, 0.717) is 5.56 Å². The zero-order valence-corrected chi connectivity index (χ0v) is 35.4. The van der Waals surface area contributed by atoms with Crippen molar-refractivity contribution in [1.29, 1.82) is 5.26 Å². The summed E-state index contributed by atoms with van der Waals surface area (Å²) >= 11 is 0. The number of rotatable bonds is 6. The van der Waals surface area contributed by atoms with Crippen molar-refractivity contribution in [1.82, 2.24) is 4.57 Å². The lowest BCUT2D eigenvalue weighted by Crippen LogP contribution is -2.26. The van der Waals surface area contributed by atoms with Gasteiger partial charge in [-0.05, 0) is 140 Å². The number of hydrogen-bond acceptors (Lipinski definition) is 2. The van der Waals surface area contributed by atoms with E-state index in [9.17, 15) is 5.26 Å². The van der Waals surface area contributed by atoms with Crippen LogP contribution in [0.1, 0.15) is 27.8 Å². The molecule has 3 nitrogen and oxygen atoms in total. The average Bonchev–Trinajstić information content (AvgIpc) is 3.99. The third-order valence-electron chi connectivity index (χ3n) is 13.9. The lowest BCUT2D eigenvalue weighted by atomic mass is 9.70. The molecule has 0 amide bonds. The van der Waals surface area contributed by atoms with Gasteiger partial charge in [0.1, 0.15) is 0 Å². The monoisotopic (exact) mass is 825 g/mol. The lowest BCUT2D eigenvalue weighted by molar-refractivity contribution is 0.793. The fourth-order valence-corrected chi connectivity index (χ4v) is 11.0. The predicted molar refractivity (Wildman–Crippen MR) is 267 cm³/mol. The van der Waals surface area contributed by atoms with E-state index in [4.69, 9.17) is 0 Å². The topological polar surface area (TPSA) is 32.0 Å². The van der Waals surface area contributed by atoms with Crippen molar-refractivity contribution >= 4 is 38.9 Å². The highest BCUT2D eigenvalue weighted by Crippen LogP contribution is 2.63. The van der Waals surface area contributed by atoms with Crippen LogP contribution >= 0.6 is 0 Å². The van der Waals surface area contributed by atoms with Gasteiger partial charge in [-0.25, -0.2) is 0 Å². The maximum absolute atomic E-state index is 9.44. The van der Waals surface area contributed by atoms with Gasteiger partial charge < -0.3 is 9.47 Å². The molecule has 0 unspecified atom stereocenters. The lowest BCUT2D eigenvalue weighted by Gasteiger charge is -2.32. The van der Waals surface area contributed by atoms with E-state index < -0.39 is 5.41 Å². The highest BCUT2D eigenvalue weighted by molar-refractivity contribution is 6.10. The van der Waals surface area contributed by atoms with Gasteiger partial charge >= 0.3 is 0 Å². The SMILES string of the molecule is N#Cc1ccc(-c2ccc(N(c3ccc(-c4ccc5c6ccccc6n(-c6ccccc6)c5c4)cc3)c3ccc4c(c3)C3(c5ccccc5-c5ccccc53)c3ccccc3-4)cc2)cc1. The third-order valence-corrected chi connectivity index (χ3v) is 13.9. The first-order valence-electron chi connectivity index (χ1n) is 22.2. The Balaban J connectivity index is 0.971. The molecule has 2 aliphatic rings. The largest absolute Gasteiger partial charge is 0.310 e. The number of nitriles is 1. The number of aromatic nitrogens is 1. The quantitative estimate of drug-likeness (QED) is 0.167. The minimum absolute atomic E-state index is 0.453. The zero-order chi connectivity index (χ0) is 43.1. The number of fused-ring (bicyclic) bond motifs is 13. The Hall–Kier alpha value is -8.71. The molecule has 302 valence electrons. The Morgan fingerprint density at radius 2 is 0.815 bits per heavy atom.